The van der Waals surface area contributed by atoms with Crippen LogP contribution in [0.2, 0.25) is 13.1 Å². The van der Waals surface area contributed by atoms with Gasteiger partial charge in [0, 0.05) is 18.4 Å². The number of aryl methyl sites for hydroxylation is 2. The monoisotopic (exact) mass is 346 g/mol. The molecular formula is C20H25BClFO. The number of hydrogen-bond donors (Lipinski definition) is 0. The third-order valence-electron chi connectivity index (χ3n) is 4.33. The highest BCUT2D eigenvalue weighted by Crippen LogP contribution is 2.17. The standard InChI is InChI=1S/C18H19BO.CH3Cl.CH3F/c1-13-3-6-16(7-4-13)18(20)12-14-5-8-15-9-10-19(2)17(15)11-14;2*1-2/h3-8,11H,9-10,12H2,1-2H3;2*1H3. The van der Waals surface area contributed by atoms with Crippen molar-refractivity contribution in [3.05, 3.63) is 64.7 Å². The number of hydrogen-bond acceptors (Lipinski definition) is 1. The molecule has 0 spiro atoms. The van der Waals surface area contributed by atoms with Crippen molar-refractivity contribution in [2.24, 2.45) is 0 Å². The van der Waals surface area contributed by atoms with Gasteiger partial charge in [-0.05, 0) is 18.9 Å². The first-order valence-corrected chi connectivity index (χ1v) is 8.86. The molecule has 24 heavy (non-hydrogen) atoms. The molecule has 0 N–H and O–H groups in total. The largest absolute Gasteiger partial charge is 0.294 e. The van der Waals surface area contributed by atoms with E-state index in [1.54, 1.807) is 0 Å². The zero-order valence-electron chi connectivity index (χ0n) is 14.9. The Morgan fingerprint density at radius 2 is 1.75 bits per heavy atom. The minimum atomic E-state index is 0.204. The van der Waals surface area contributed by atoms with Gasteiger partial charge in [-0.15, -0.1) is 11.6 Å². The molecule has 1 aliphatic heterocycles. The first kappa shape index (κ1) is 20.4. The highest BCUT2D eigenvalue weighted by Gasteiger charge is 2.21. The molecule has 2 aromatic rings. The Labute approximate surface area is 150 Å². The Balaban J connectivity index is 0.000000671. The van der Waals surface area contributed by atoms with E-state index in [1.807, 2.05) is 31.2 Å². The molecule has 0 fully saturated rings. The van der Waals surface area contributed by atoms with Gasteiger partial charge in [0.2, 0.25) is 0 Å². The molecule has 0 atom stereocenters. The van der Waals surface area contributed by atoms with Crippen molar-refractivity contribution in [2.45, 2.75) is 32.9 Å². The predicted octanol–water partition coefficient (Wildman–Crippen LogP) is 4.75. The fourth-order valence-corrected chi connectivity index (χ4v) is 3.00. The van der Waals surface area contributed by atoms with Crippen LogP contribution in [0.25, 0.3) is 0 Å². The van der Waals surface area contributed by atoms with Crippen molar-refractivity contribution in [3.8, 4) is 0 Å². The van der Waals surface area contributed by atoms with Gasteiger partial charge in [0.1, 0.15) is 0 Å². The second-order valence-corrected chi connectivity index (χ2v) is 5.94. The van der Waals surface area contributed by atoms with Crippen molar-refractivity contribution < 1.29 is 9.18 Å². The molecule has 0 aliphatic carbocycles. The van der Waals surface area contributed by atoms with Gasteiger partial charge in [-0.2, -0.15) is 0 Å². The molecule has 4 heteroatoms. The molecular weight excluding hydrogens is 321 g/mol. The van der Waals surface area contributed by atoms with Crippen LogP contribution >= 0.6 is 11.6 Å². The number of benzene rings is 2. The normalized spacial score (nSPS) is 11.7. The molecule has 128 valence electrons. The van der Waals surface area contributed by atoms with E-state index in [-0.39, 0.29) is 5.78 Å². The summed E-state index contributed by atoms with van der Waals surface area (Å²) < 4.78 is 9.50. The summed E-state index contributed by atoms with van der Waals surface area (Å²) >= 11 is 4.64. The molecule has 1 nitrogen and oxygen atoms in total. The second kappa shape index (κ2) is 10.3. The quantitative estimate of drug-likeness (QED) is 0.445. The third-order valence-corrected chi connectivity index (χ3v) is 4.33. The SMILES string of the molecule is CB1CCc2ccc(CC(=O)c3ccc(C)cc3)cc21.CCl.CF. The maximum absolute atomic E-state index is 12.3. The summed E-state index contributed by atoms with van der Waals surface area (Å²) in [6.45, 7) is 4.95. The number of alkyl halides is 2. The third kappa shape index (κ3) is 5.20. The van der Waals surface area contributed by atoms with E-state index in [2.05, 4.69) is 36.6 Å². The lowest BCUT2D eigenvalue weighted by atomic mass is 9.48. The maximum atomic E-state index is 12.3. The van der Waals surface area contributed by atoms with E-state index in [0.29, 0.717) is 20.3 Å². The van der Waals surface area contributed by atoms with Gasteiger partial charge in [0.25, 0.3) is 0 Å². The summed E-state index contributed by atoms with van der Waals surface area (Å²) in [5, 5.41) is 0. The summed E-state index contributed by atoms with van der Waals surface area (Å²) in [5.41, 5.74) is 6.04. The van der Waals surface area contributed by atoms with Gasteiger partial charge < -0.3 is 0 Å². The molecule has 0 radical (unpaired) electrons. The number of carbonyl (C=O) groups is 1. The summed E-state index contributed by atoms with van der Waals surface area (Å²) in [6, 6.07) is 14.4. The minimum absolute atomic E-state index is 0.204. The van der Waals surface area contributed by atoms with Crippen molar-refractivity contribution >= 4 is 29.6 Å². The summed E-state index contributed by atoms with van der Waals surface area (Å²) in [5.74, 6) is 0.204. The van der Waals surface area contributed by atoms with Gasteiger partial charge in [0.05, 0.1) is 7.18 Å². The number of fused-ring (bicyclic) bond motifs is 1. The Kier molecular flexibility index (Phi) is 8.77. The van der Waals surface area contributed by atoms with Crippen molar-refractivity contribution in [2.75, 3.05) is 13.6 Å². The molecule has 0 saturated carbocycles. The molecule has 0 amide bonds. The van der Waals surface area contributed by atoms with Gasteiger partial charge in [0.15, 0.2) is 12.5 Å². The number of rotatable bonds is 3. The first-order chi connectivity index (χ1) is 11.6. The lowest BCUT2D eigenvalue weighted by molar-refractivity contribution is 0.0993. The number of carbonyl (C=O) groups excluding carboxylic acids is 1. The highest BCUT2D eigenvalue weighted by molar-refractivity contribution is 6.73. The van der Waals surface area contributed by atoms with Crippen LogP contribution in [-0.4, -0.2) is 26.1 Å². The van der Waals surface area contributed by atoms with Gasteiger partial charge in [-0.1, -0.05) is 72.2 Å². The van der Waals surface area contributed by atoms with Crippen LogP contribution in [-0.2, 0) is 12.8 Å². The highest BCUT2D eigenvalue weighted by atomic mass is 35.5. The van der Waals surface area contributed by atoms with Crippen LogP contribution < -0.4 is 5.46 Å². The molecule has 0 unspecified atom stereocenters. The number of halogens is 2. The lowest BCUT2D eigenvalue weighted by Crippen LogP contribution is -2.23. The van der Waals surface area contributed by atoms with Gasteiger partial charge in [-0.25, -0.2) is 0 Å². The average Bonchev–Trinajstić information content (AvgIpc) is 3.00. The molecule has 2 aromatic carbocycles. The average molecular weight is 347 g/mol. The molecule has 0 aromatic heterocycles. The van der Waals surface area contributed by atoms with Crippen molar-refractivity contribution in [1.29, 1.82) is 0 Å². The summed E-state index contributed by atoms with van der Waals surface area (Å²) in [4.78, 5) is 12.3. The predicted molar refractivity (Wildman–Crippen MR) is 104 cm³/mol. The van der Waals surface area contributed by atoms with E-state index in [1.165, 1.54) is 35.7 Å². The van der Waals surface area contributed by atoms with E-state index >= 15 is 0 Å². The molecule has 1 heterocycles. The topological polar surface area (TPSA) is 17.1 Å². The second-order valence-electron chi connectivity index (χ2n) is 5.94. The van der Waals surface area contributed by atoms with Gasteiger partial charge >= 0.3 is 0 Å². The molecule has 0 bridgehead atoms. The fraction of sp³-hybridized carbons (Fsp3) is 0.350. The van der Waals surface area contributed by atoms with E-state index in [9.17, 15) is 9.18 Å². The van der Waals surface area contributed by atoms with Crippen LogP contribution in [0.5, 0.6) is 0 Å². The lowest BCUT2D eigenvalue weighted by Gasteiger charge is -2.07. The molecule has 0 saturated heterocycles. The zero-order chi connectivity index (χ0) is 18.1. The van der Waals surface area contributed by atoms with Crippen LogP contribution in [0.15, 0.2) is 42.5 Å². The zero-order valence-corrected chi connectivity index (χ0v) is 15.7. The van der Waals surface area contributed by atoms with Crippen LogP contribution in [0.4, 0.5) is 4.39 Å². The summed E-state index contributed by atoms with van der Waals surface area (Å²) in [6.07, 6.45) is 4.40. The van der Waals surface area contributed by atoms with E-state index < -0.39 is 0 Å². The Morgan fingerprint density at radius 1 is 1.12 bits per heavy atom. The molecule has 3 rings (SSSR count). The smallest absolute Gasteiger partial charge is 0.173 e. The number of Topliss-reactive ketones (excluding diaryl/α,β-unsaturated/α-hetero) is 1. The van der Waals surface area contributed by atoms with Crippen LogP contribution in [0.1, 0.15) is 27.0 Å². The van der Waals surface area contributed by atoms with Crippen molar-refractivity contribution in [1.82, 2.24) is 0 Å². The maximum Gasteiger partial charge on any atom is 0.173 e. The molecule has 1 aliphatic rings. The van der Waals surface area contributed by atoms with Crippen molar-refractivity contribution in [3.63, 3.8) is 0 Å². The Morgan fingerprint density at radius 3 is 2.38 bits per heavy atom. The Hall–Kier alpha value is -1.61. The van der Waals surface area contributed by atoms with E-state index in [4.69, 9.17) is 0 Å². The number of ketones is 1. The fourth-order valence-electron chi connectivity index (χ4n) is 3.00. The van der Waals surface area contributed by atoms with Crippen LogP contribution in [0, 0.1) is 6.92 Å². The minimum Gasteiger partial charge on any atom is -0.294 e. The van der Waals surface area contributed by atoms with E-state index in [0.717, 1.165) is 11.1 Å². The first-order valence-electron chi connectivity index (χ1n) is 8.10. The Bertz CT molecular complexity index is 655. The van der Waals surface area contributed by atoms with Crippen LogP contribution in [0.3, 0.4) is 0 Å². The van der Waals surface area contributed by atoms with Gasteiger partial charge in [-0.3, -0.25) is 9.18 Å². The summed E-state index contributed by atoms with van der Waals surface area (Å²) in [7, 11) is 0.500.